The Morgan fingerprint density at radius 3 is 2.67 bits per heavy atom. The van der Waals surface area contributed by atoms with Crippen LogP contribution in [0.3, 0.4) is 0 Å². The molecule has 4 heterocycles. The molecule has 1 N–H and O–H groups in total. The molecule has 0 saturated carbocycles. The van der Waals surface area contributed by atoms with Crippen molar-refractivity contribution in [2.45, 2.75) is 13.8 Å². The first kappa shape index (κ1) is 19.8. The first-order valence-corrected chi connectivity index (χ1v) is 10.9. The van der Waals surface area contributed by atoms with Crippen LogP contribution in [0.2, 0.25) is 0 Å². The number of anilines is 1. The van der Waals surface area contributed by atoms with E-state index >= 15 is 4.39 Å². The van der Waals surface area contributed by atoms with Crippen LogP contribution in [0.1, 0.15) is 11.6 Å². The Labute approximate surface area is 189 Å². The predicted octanol–water partition coefficient (Wildman–Crippen LogP) is 3.95. The molecular weight excluding hydrogens is 421 g/mol. The van der Waals surface area contributed by atoms with Crippen molar-refractivity contribution in [1.82, 2.24) is 29.7 Å². The number of hydrogen-bond acceptors (Lipinski definition) is 6. The number of nitrogens with zero attached hydrogens (tertiary/aromatic N) is 6. The third-order valence-electron chi connectivity index (χ3n) is 6.07. The van der Waals surface area contributed by atoms with Crippen LogP contribution < -0.4 is 4.90 Å². The topological polar surface area (TPSA) is 84.8 Å². The zero-order valence-corrected chi connectivity index (χ0v) is 18.3. The summed E-state index contributed by atoms with van der Waals surface area (Å²) >= 11 is 0. The second-order valence-electron chi connectivity index (χ2n) is 8.19. The number of pyridine rings is 1. The van der Waals surface area contributed by atoms with Gasteiger partial charge < -0.3 is 14.6 Å². The van der Waals surface area contributed by atoms with Crippen molar-refractivity contribution >= 4 is 27.6 Å². The summed E-state index contributed by atoms with van der Waals surface area (Å²) in [5.74, 6) is 1.64. The second kappa shape index (κ2) is 7.63. The maximum Gasteiger partial charge on any atom is 0.166 e. The van der Waals surface area contributed by atoms with Crippen LogP contribution in [-0.2, 0) is 4.74 Å². The molecule has 0 aliphatic carbocycles. The summed E-state index contributed by atoms with van der Waals surface area (Å²) in [5, 5.41) is 9.19. The number of halogens is 1. The lowest BCUT2D eigenvalue weighted by Crippen LogP contribution is -2.36. The lowest BCUT2D eigenvalue weighted by atomic mass is 10.1. The molecule has 33 heavy (non-hydrogen) atoms. The number of aryl methyl sites for hydroxylation is 2. The Bertz CT molecular complexity index is 1500. The van der Waals surface area contributed by atoms with E-state index in [0.717, 1.165) is 52.1 Å². The van der Waals surface area contributed by atoms with Gasteiger partial charge in [0, 0.05) is 29.7 Å². The van der Waals surface area contributed by atoms with Crippen molar-refractivity contribution in [3.05, 3.63) is 60.1 Å². The van der Waals surface area contributed by atoms with E-state index in [9.17, 15) is 0 Å². The maximum atomic E-state index is 15.3. The quantitative estimate of drug-likeness (QED) is 0.455. The van der Waals surface area contributed by atoms with Gasteiger partial charge in [0.05, 0.1) is 36.1 Å². The standard InChI is InChI=1S/C24H22FN7O/c1-14-27-24(30-29-14)18-11-16(31-7-9-33-10-8-31)12-21-22(18)28-15(2)32(21)23-17-5-3-4-6-20(17)26-13-19(23)25/h3-6,11-13H,7-10H2,1-2H3,(H,27,29,30). The second-order valence-corrected chi connectivity index (χ2v) is 8.19. The fourth-order valence-corrected chi connectivity index (χ4v) is 4.54. The molecule has 2 aromatic carbocycles. The van der Waals surface area contributed by atoms with Crippen molar-refractivity contribution in [3.8, 4) is 17.1 Å². The van der Waals surface area contributed by atoms with E-state index in [1.807, 2.05) is 42.7 Å². The molecule has 8 nitrogen and oxygen atoms in total. The van der Waals surface area contributed by atoms with Gasteiger partial charge in [0.25, 0.3) is 0 Å². The monoisotopic (exact) mass is 443 g/mol. The van der Waals surface area contributed by atoms with Crippen molar-refractivity contribution in [1.29, 1.82) is 0 Å². The number of para-hydroxylation sites is 1. The van der Waals surface area contributed by atoms with Crippen LogP contribution in [0, 0.1) is 19.7 Å². The number of rotatable bonds is 3. The van der Waals surface area contributed by atoms with Gasteiger partial charge in [-0.2, -0.15) is 0 Å². The highest BCUT2D eigenvalue weighted by atomic mass is 19.1. The summed E-state index contributed by atoms with van der Waals surface area (Å²) < 4.78 is 22.7. The number of benzene rings is 2. The number of fused-ring (bicyclic) bond motifs is 2. The zero-order chi connectivity index (χ0) is 22.5. The van der Waals surface area contributed by atoms with Gasteiger partial charge >= 0.3 is 0 Å². The fraction of sp³-hybridized carbons (Fsp3) is 0.250. The average Bonchev–Trinajstić information content (AvgIpc) is 3.41. The highest BCUT2D eigenvalue weighted by molar-refractivity contribution is 5.97. The summed E-state index contributed by atoms with van der Waals surface area (Å²) in [6, 6.07) is 11.7. The van der Waals surface area contributed by atoms with Gasteiger partial charge in [0.15, 0.2) is 11.6 Å². The van der Waals surface area contributed by atoms with Gasteiger partial charge in [-0.15, -0.1) is 10.2 Å². The van der Waals surface area contributed by atoms with E-state index in [4.69, 9.17) is 9.72 Å². The Morgan fingerprint density at radius 2 is 1.88 bits per heavy atom. The molecule has 0 atom stereocenters. The Morgan fingerprint density at radius 1 is 1.06 bits per heavy atom. The Balaban J connectivity index is 1.68. The average molecular weight is 443 g/mol. The maximum absolute atomic E-state index is 15.3. The third-order valence-corrected chi connectivity index (χ3v) is 6.07. The van der Waals surface area contributed by atoms with Gasteiger partial charge in [-0.3, -0.25) is 9.55 Å². The number of H-pyrrole nitrogens is 1. The van der Waals surface area contributed by atoms with Crippen molar-refractivity contribution in [2.75, 3.05) is 31.2 Å². The van der Waals surface area contributed by atoms with E-state index in [1.54, 1.807) is 0 Å². The molecule has 6 rings (SSSR count). The van der Waals surface area contributed by atoms with Gasteiger partial charge in [0.1, 0.15) is 17.2 Å². The van der Waals surface area contributed by atoms with E-state index < -0.39 is 5.82 Å². The summed E-state index contributed by atoms with van der Waals surface area (Å²) in [6.07, 6.45) is 1.27. The number of imidazole rings is 1. The first-order chi connectivity index (χ1) is 16.1. The molecule has 1 aliphatic rings. The highest BCUT2D eigenvalue weighted by Gasteiger charge is 2.23. The Hall–Kier alpha value is -3.85. The number of morpholine rings is 1. The zero-order valence-electron chi connectivity index (χ0n) is 18.3. The largest absolute Gasteiger partial charge is 0.378 e. The van der Waals surface area contributed by atoms with Crippen molar-refractivity contribution in [3.63, 3.8) is 0 Å². The van der Waals surface area contributed by atoms with E-state index in [2.05, 4.69) is 37.2 Å². The molecule has 5 aromatic rings. The molecule has 0 amide bonds. The van der Waals surface area contributed by atoms with E-state index in [0.29, 0.717) is 30.5 Å². The van der Waals surface area contributed by atoms with Crippen LogP contribution in [-0.4, -0.2) is 56.0 Å². The van der Waals surface area contributed by atoms with Crippen molar-refractivity contribution < 1.29 is 9.13 Å². The van der Waals surface area contributed by atoms with Gasteiger partial charge in [-0.05, 0) is 32.0 Å². The minimum atomic E-state index is -0.398. The van der Waals surface area contributed by atoms with E-state index in [1.165, 1.54) is 6.20 Å². The number of ether oxygens (including phenoxy) is 1. The molecule has 1 saturated heterocycles. The minimum absolute atomic E-state index is 0.398. The van der Waals surface area contributed by atoms with Crippen molar-refractivity contribution in [2.24, 2.45) is 0 Å². The summed E-state index contributed by atoms with van der Waals surface area (Å²) in [5.41, 5.74) is 4.55. The van der Waals surface area contributed by atoms with Crippen LogP contribution in [0.15, 0.2) is 42.6 Å². The molecule has 9 heteroatoms. The molecule has 0 spiro atoms. The lowest BCUT2D eigenvalue weighted by molar-refractivity contribution is 0.122. The molecule has 0 unspecified atom stereocenters. The van der Waals surface area contributed by atoms with Crippen LogP contribution >= 0.6 is 0 Å². The fourth-order valence-electron chi connectivity index (χ4n) is 4.54. The summed E-state index contributed by atoms with van der Waals surface area (Å²) in [4.78, 5) is 14.6. The molecule has 1 fully saturated rings. The number of aromatic nitrogens is 6. The normalized spacial score (nSPS) is 14.5. The van der Waals surface area contributed by atoms with Gasteiger partial charge in [-0.1, -0.05) is 18.2 Å². The third kappa shape index (κ3) is 3.23. The van der Waals surface area contributed by atoms with Gasteiger partial charge in [-0.25, -0.2) is 9.37 Å². The highest BCUT2D eigenvalue weighted by Crippen LogP contribution is 2.36. The molecule has 0 radical (unpaired) electrons. The number of hydrogen-bond donors (Lipinski definition) is 1. The Kier molecular flexibility index (Phi) is 4.58. The summed E-state index contributed by atoms with van der Waals surface area (Å²) in [7, 11) is 0. The molecule has 3 aromatic heterocycles. The predicted molar refractivity (Wildman–Crippen MR) is 124 cm³/mol. The minimum Gasteiger partial charge on any atom is -0.378 e. The number of nitrogens with one attached hydrogen (secondary N) is 1. The SMILES string of the molecule is Cc1nnc(-c2cc(N3CCOCC3)cc3c2nc(C)n3-c2c(F)cnc3ccccc23)[nH]1. The summed E-state index contributed by atoms with van der Waals surface area (Å²) in [6.45, 7) is 6.63. The van der Waals surface area contributed by atoms with Crippen LogP contribution in [0.25, 0.3) is 39.0 Å². The van der Waals surface area contributed by atoms with Gasteiger partial charge in [0.2, 0.25) is 0 Å². The molecule has 166 valence electrons. The first-order valence-electron chi connectivity index (χ1n) is 10.9. The molecule has 1 aliphatic heterocycles. The smallest absolute Gasteiger partial charge is 0.166 e. The van der Waals surface area contributed by atoms with Crippen LogP contribution in [0.4, 0.5) is 10.1 Å². The number of aromatic amines is 1. The molecule has 0 bridgehead atoms. The molecular formula is C24H22FN7O. The lowest BCUT2D eigenvalue weighted by Gasteiger charge is -2.29. The van der Waals surface area contributed by atoms with Crippen LogP contribution in [0.5, 0.6) is 0 Å². The van der Waals surface area contributed by atoms with E-state index in [-0.39, 0.29) is 0 Å².